The van der Waals surface area contributed by atoms with E-state index in [-0.39, 0.29) is 11.9 Å². The van der Waals surface area contributed by atoms with Gasteiger partial charge in [-0.2, -0.15) is 0 Å². The van der Waals surface area contributed by atoms with Crippen LogP contribution in [0.2, 0.25) is 0 Å². The van der Waals surface area contributed by atoms with E-state index < -0.39 is 0 Å². The van der Waals surface area contributed by atoms with Gasteiger partial charge in [0.2, 0.25) is 5.91 Å². The smallest absolute Gasteiger partial charge is 0.229 e. The molecule has 1 aromatic carbocycles. The maximum atomic E-state index is 12.1. The summed E-state index contributed by atoms with van der Waals surface area (Å²) in [6.45, 7) is 4.90. The molecule has 3 nitrogen and oxygen atoms in total. The van der Waals surface area contributed by atoms with Gasteiger partial charge in [0, 0.05) is 26.1 Å². The zero-order valence-corrected chi connectivity index (χ0v) is 10.1. The number of carbonyl (C=O) groups excluding carboxylic acids is 1. The third-order valence-electron chi connectivity index (χ3n) is 3.00. The van der Waals surface area contributed by atoms with Gasteiger partial charge in [0.05, 0.1) is 11.4 Å². The van der Waals surface area contributed by atoms with Crippen molar-refractivity contribution in [1.82, 2.24) is 0 Å². The van der Waals surface area contributed by atoms with Crippen LogP contribution in [-0.4, -0.2) is 25.5 Å². The third kappa shape index (κ3) is 1.77. The maximum absolute atomic E-state index is 12.1. The minimum absolute atomic E-state index is 0.208. The normalized spacial score (nSPS) is 16.4. The van der Waals surface area contributed by atoms with Crippen molar-refractivity contribution in [2.24, 2.45) is 0 Å². The number of amides is 1. The van der Waals surface area contributed by atoms with Gasteiger partial charge in [-0.15, -0.1) is 0 Å². The van der Waals surface area contributed by atoms with Crippen molar-refractivity contribution in [3.05, 3.63) is 24.3 Å². The molecule has 1 amide bonds. The molecule has 0 aromatic heterocycles. The van der Waals surface area contributed by atoms with Crippen LogP contribution in [-0.2, 0) is 4.79 Å². The van der Waals surface area contributed by atoms with E-state index in [9.17, 15) is 4.79 Å². The van der Waals surface area contributed by atoms with E-state index >= 15 is 0 Å². The lowest BCUT2D eigenvalue weighted by molar-refractivity contribution is -0.118. The molecule has 0 aliphatic carbocycles. The average Bonchev–Trinajstić information content (AvgIpc) is 2.37. The Kier molecular flexibility index (Phi) is 2.86. The lowest BCUT2D eigenvalue weighted by Gasteiger charge is -2.27. The number of fused-ring (bicyclic) bond motifs is 1. The molecule has 0 saturated carbocycles. The van der Waals surface area contributed by atoms with Gasteiger partial charge in [-0.3, -0.25) is 4.79 Å². The van der Waals surface area contributed by atoms with Gasteiger partial charge in [-0.25, -0.2) is 0 Å². The van der Waals surface area contributed by atoms with E-state index in [4.69, 9.17) is 0 Å². The van der Waals surface area contributed by atoms with Crippen LogP contribution in [0.3, 0.4) is 0 Å². The minimum atomic E-state index is 0.208. The number of hydrogen-bond donors (Lipinski definition) is 0. The molecule has 1 heterocycles. The number of nitrogens with zero attached hydrogens (tertiary/aromatic N) is 2. The molecule has 0 bridgehead atoms. The molecule has 0 fully saturated rings. The molecule has 1 aliphatic heterocycles. The topological polar surface area (TPSA) is 23.6 Å². The highest BCUT2D eigenvalue weighted by molar-refractivity contribution is 5.98. The summed E-state index contributed by atoms with van der Waals surface area (Å²) in [5.74, 6) is 0.215. The molecule has 16 heavy (non-hydrogen) atoms. The Morgan fingerprint density at radius 3 is 2.44 bits per heavy atom. The molecule has 0 radical (unpaired) electrons. The van der Waals surface area contributed by atoms with Gasteiger partial charge in [-0.05, 0) is 26.0 Å². The fraction of sp³-hybridized carbons (Fsp3) is 0.462. The van der Waals surface area contributed by atoms with E-state index in [0.717, 1.165) is 17.9 Å². The van der Waals surface area contributed by atoms with E-state index in [2.05, 4.69) is 24.8 Å². The third-order valence-corrected chi connectivity index (χ3v) is 3.00. The van der Waals surface area contributed by atoms with E-state index in [1.54, 1.807) is 0 Å². The molecule has 0 spiro atoms. The highest BCUT2D eigenvalue weighted by Gasteiger charge is 2.25. The summed E-state index contributed by atoms with van der Waals surface area (Å²) in [7, 11) is 2.04. The monoisotopic (exact) mass is 218 g/mol. The largest absolute Gasteiger partial charge is 0.372 e. The lowest BCUT2D eigenvalue weighted by Crippen LogP contribution is -2.36. The quantitative estimate of drug-likeness (QED) is 0.722. The zero-order valence-electron chi connectivity index (χ0n) is 10.1. The van der Waals surface area contributed by atoms with Gasteiger partial charge < -0.3 is 9.80 Å². The maximum Gasteiger partial charge on any atom is 0.229 e. The summed E-state index contributed by atoms with van der Waals surface area (Å²) in [4.78, 5) is 16.1. The van der Waals surface area contributed by atoms with Gasteiger partial charge in [0.1, 0.15) is 0 Å². The van der Waals surface area contributed by atoms with Crippen molar-refractivity contribution >= 4 is 17.3 Å². The van der Waals surface area contributed by atoms with Crippen LogP contribution in [0.15, 0.2) is 24.3 Å². The van der Waals surface area contributed by atoms with E-state index in [1.165, 1.54) is 0 Å². The first-order chi connectivity index (χ1) is 7.61. The molecular formula is C13H18N2O. The predicted octanol–water partition coefficient (Wildman–Crippen LogP) is 2.27. The fourth-order valence-electron chi connectivity index (χ4n) is 2.20. The second-order valence-corrected chi connectivity index (χ2v) is 4.52. The molecule has 2 rings (SSSR count). The summed E-state index contributed by atoms with van der Waals surface area (Å²) in [6.07, 6.45) is 0.587. The number of carbonyl (C=O) groups is 1. The van der Waals surface area contributed by atoms with Gasteiger partial charge in [-0.1, -0.05) is 12.1 Å². The average molecular weight is 218 g/mol. The molecule has 1 aromatic rings. The van der Waals surface area contributed by atoms with Crippen LogP contribution in [0.5, 0.6) is 0 Å². The molecule has 0 saturated heterocycles. The van der Waals surface area contributed by atoms with Gasteiger partial charge in [0.15, 0.2) is 0 Å². The first-order valence-corrected chi connectivity index (χ1v) is 5.73. The van der Waals surface area contributed by atoms with Gasteiger partial charge >= 0.3 is 0 Å². The molecule has 0 unspecified atom stereocenters. The molecule has 1 aliphatic rings. The molecule has 86 valence electrons. The summed E-state index contributed by atoms with van der Waals surface area (Å²) in [6, 6.07) is 8.31. The number of para-hydroxylation sites is 2. The van der Waals surface area contributed by atoms with Crippen LogP contribution in [0, 0.1) is 0 Å². The second-order valence-electron chi connectivity index (χ2n) is 4.52. The highest BCUT2D eigenvalue weighted by atomic mass is 16.2. The number of anilines is 2. The molecule has 3 heteroatoms. The zero-order chi connectivity index (χ0) is 11.7. The highest BCUT2D eigenvalue weighted by Crippen LogP contribution is 2.32. The first-order valence-electron chi connectivity index (χ1n) is 5.73. The molecular weight excluding hydrogens is 200 g/mol. The van der Waals surface area contributed by atoms with Gasteiger partial charge in [0.25, 0.3) is 0 Å². The Balaban J connectivity index is 2.53. The van der Waals surface area contributed by atoms with Crippen molar-refractivity contribution in [2.45, 2.75) is 26.3 Å². The van der Waals surface area contributed by atoms with Crippen molar-refractivity contribution in [2.75, 3.05) is 23.4 Å². The van der Waals surface area contributed by atoms with Crippen LogP contribution in [0.4, 0.5) is 11.4 Å². The predicted molar refractivity (Wildman–Crippen MR) is 67.0 cm³/mol. The lowest BCUT2D eigenvalue weighted by atomic mass is 10.2. The summed E-state index contributed by atoms with van der Waals surface area (Å²) < 4.78 is 0. The fourth-order valence-corrected chi connectivity index (χ4v) is 2.20. The Bertz CT molecular complexity index is 401. The first kappa shape index (κ1) is 11.0. The standard InChI is InChI=1S/C13H18N2O/c1-10(2)15-12-7-5-4-6-11(12)14(3)9-8-13(15)16/h4-7,10H,8-9H2,1-3H3. The summed E-state index contributed by atoms with van der Waals surface area (Å²) >= 11 is 0. The molecule has 0 N–H and O–H groups in total. The van der Waals surface area contributed by atoms with E-state index in [0.29, 0.717) is 6.42 Å². The number of rotatable bonds is 1. The Labute approximate surface area is 96.7 Å². The van der Waals surface area contributed by atoms with Crippen LogP contribution in [0.1, 0.15) is 20.3 Å². The van der Waals surface area contributed by atoms with E-state index in [1.807, 2.05) is 30.1 Å². The van der Waals surface area contributed by atoms with Crippen molar-refractivity contribution in [3.63, 3.8) is 0 Å². The molecule has 0 atom stereocenters. The van der Waals surface area contributed by atoms with Crippen molar-refractivity contribution in [3.8, 4) is 0 Å². The minimum Gasteiger partial charge on any atom is -0.372 e. The SMILES string of the molecule is CC(C)N1C(=O)CCN(C)c2ccccc21. The summed E-state index contributed by atoms with van der Waals surface area (Å²) in [5, 5.41) is 0. The van der Waals surface area contributed by atoms with Crippen molar-refractivity contribution in [1.29, 1.82) is 0 Å². The van der Waals surface area contributed by atoms with Crippen LogP contribution >= 0.6 is 0 Å². The Hall–Kier alpha value is -1.51. The van der Waals surface area contributed by atoms with Crippen LogP contribution in [0.25, 0.3) is 0 Å². The number of benzene rings is 1. The second kappa shape index (κ2) is 4.16. The Morgan fingerprint density at radius 2 is 1.81 bits per heavy atom. The van der Waals surface area contributed by atoms with Crippen LogP contribution < -0.4 is 9.80 Å². The summed E-state index contributed by atoms with van der Waals surface area (Å²) in [5.41, 5.74) is 2.17. The van der Waals surface area contributed by atoms with Crippen molar-refractivity contribution < 1.29 is 4.79 Å². The Morgan fingerprint density at radius 1 is 1.19 bits per heavy atom. The number of hydrogen-bond acceptors (Lipinski definition) is 2.